The third kappa shape index (κ3) is 4.05. The maximum Gasteiger partial charge on any atom is 0.147 e. The molecule has 0 amide bonds. The van der Waals surface area contributed by atoms with Gasteiger partial charge in [0.2, 0.25) is 0 Å². The Morgan fingerprint density at radius 3 is 2.76 bits per heavy atom. The molecule has 0 atom stereocenters. The van der Waals surface area contributed by atoms with E-state index < -0.39 is 0 Å². The summed E-state index contributed by atoms with van der Waals surface area (Å²) >= 11 is 0. The molecule has 0 fully saturated rings. The minimum atomic E-state index is 0.299. The van der Waals surface area contributed by atoms with Gasteiger partial charge < -0.3 is 9.94 Å². The molecular formula is C16H15N3O2. The van der Waals surface area contributed by atoms with Crippen molar-refractivity contribution in [3.8, 4) is 11.8 Å². The van der Waals surface area contributed by atoms with Crippen LogP contribution in [-0.2, 0) is 13.0 Å². The number of benzene rings is 1. The molecule has 2 aromatic rings. The molecular weight excluding hydrogens is 266 g/mol. The number of nitriles is 1. The molecule has 0 spiro atoms. The summed E-state index contributed by atoms with van der Waals surface area (Å²) in [5.74, 6) is 0.713. The molecule has 5 nitrogen and oxygen atoms in total. The third-order valence-electron chi connectivity index (χ3n) is 2.95. The minimum Gasteiger partial charge on any atom is -0.489 e. The highest BCUT2D eigenvalue weighted by Crippen LogP contribution is 2.15. The fraction of sp³-hybridized carbons (Fsp3) is 0.188. The number of oxime groups is 1. The molecule has 2 rings (SSSR count). The summed E-state index contributed by atoms with van der Waals surface area (Å²) in [6, 6.07) is 13.2. The first kappa shape index (κ1) is 14.5. The molecule has 1 heterocycles. The van der Waals surface area contributed by atoms with Gasteiger partial charge in [-0.15, -0.1) is 0 Å². The van der Waals surface area contributed by atoms with Crippen molar-refractivity contribution in [3.05, 3.63) is 59.4 Å². The average Bonchev–Trinajstić information content (AvgIpc) is 2.54. The zero-order valence-corrected chi connectivity index (χ0v) is 11.7. The van der Waals surface area contributed by atoms with Crippen LogP contribution in [0, 0.1) is 11.3 Å². The van der Waals surface area contributed by atoms with Gasteiger partial charge in [0, 0.05) is 18.2 Å². The number of aromatic nitrogens is 1. The molecule has 1 N–H and O–H groups in total. The molecule has 0 aliphatic rings. The second-order valence-corrected chi connectivity index (χ2v) is 4.57. The van der Waals surface area contributed by atoms with E-state index in [0.29, 0.717) is 30.2 Å². The third-order valence-corrected chi connectivity index (χ3v) is 2.95. The lowest BCUT2D eigenvalue weighted by Crippen LogP contribution is -2.00. The molecule has 21 heavy (non-hydrogen) atoms. The van der Waals surface area contributed by atoms with Crippen LogP contribution in [0.5, 0.6) is 5.75 Å². The largest absolute Gasteiger partial charge is 0.489 e. The van der Waals surface area contributed by atoms with Crippen molar-refractivity contribution in [3.63, 3.8) is 0 Å². The Balaban J connectivity index is 1.99. The van der Waals surface area contributed by atoms with Gasteiger partial charge in [0.15, 0.2) is 0 Å². The van der Waals surface area contributed by atoms with Crippen LogP contribution in [0.15, 0.2) is 47.8 Å². The van der Waals surface area contributed by atoms with Gasteiger partial charge in [-0.3, -0.25) is 0 Å². The highest BCUT2D eigenvalue weighted by atomic mass is 16.5. The Labute approximate surface area is 123 Å². The standard InChI is InChI=1S/C16H15N3O2/c1-12(19-20)9-13-4-6-15(7-5-13)21-11-14-3-2-8-18-16(14)10-17/h2-8,20H,9,11H2,1H3/b19-12-. The highest BCUT2D eigenvalue weighted by Gasteiger charge is 2.03. The second kappa shape index (κ2) is 7.06. The van der Waals surface area contributed by atoms with Crippen LogP contribution in [0.4, 0.5) is 0 Å². The van der Waals surface area contributed by atoms with E-state index in [1.807, 2.05) is 36.4 Å². The zero-order chi connectivity index (χ0) is 15.1. The van der Waals surface area contributed by atoms with Crippen molar-refractivity contribution in [2.24, 2.45) is 5.16 Å². The summed E-state index contributed by atoms with van der Waals surface area (Å²) in [4.78, 5) is 3.99. The Morgan fingerprint density at radius 1 is 1.33 bits per heavy atom. The summed E-state index contributed by atoms with van der Waals surface area (Å²) in [6.45, 7) is 2.06. The number of rotatable bonds is 5. The molecule has 0 aliphatic heterocycles. The number of ether oxygens (including phenoxy) is 1. The topological polar surface area (TPSA) is 78.5 Å². The first-order valence-corrected chi connectivity index (χ1v) is 6.46. The van der Waals surface area contributed by atoms with Crippen molar-refractivity contribution in [2.75, 3.05) is 0 Å². The molecule has 0 radical (unpaired) electrons. The molecule has 0 saturated heterocycles. The van der Waals surface area contributed by atoms with Gasteiger partial charge in [0.05, 0.1) is 5.71 Å². The first-order valence-electron chi connectivity index (χ1n) is 6.46. The SMILES string of the molecule is C/C(Cc1ccc(OCc2cccnc2C#N)cc1)=N/O. The fourth-order valence-corrected chi connectivity index (χ4v) is 1.85. The van der Waals surface area contributed by atoms with Crippen LogP contribution in [-0.4, -0.2) is 15.9 Å². The molecule has 0 bridgehead atoms. The van der Waals surface area contributed by atoms with E-state index in [1.165, 1.54) is 0 Å². The monoisotopic (exact) mass is 281 g/mol. The molecule has 1 aromatic carbocycles. The predicted molar refractivity (Wildman–Crippen MR) is 78.3 cm³/mol. The number of nitrogens with zero attached hydrogens (tertiary/aromatic N) is 3. The lowest BCUT2D eigenvalue weighted by molar-refractivity contribution is 0.305. The van der Waals surface area contributed by atoms with E-state index in [0.717, 1.165) is 11.1 Å². The van der Waals surface area contributed by atoms with Crippen molar-refractivity contribution < 1.29 is 9.94 Å². The highest BCUT2D eigenvalue weighted by molar-refractivity contribution is 5.83. The molecule has 5 heteroatoms. The van der Waals surface area contributed by atoms with E-state index in [9.17, 15) is 0 Å². The van der Waals surface area contributed by atoms with Crippen LogP contribution in [0.25, 0.3) is 0 Å². The summed E-state index contributed by atoms with van der Waals surface area (Å²) < 4.78 is 5.65. The van der Waals surface area contributed by atoms with Crippen LogP contribution >= 0.6 is 0 Å². The quantitative estimate of drug-likeness (QED) is 0.519. The lowest BCUT2D eigenvalue weighted by atomic mass is 10.1. The van der Waals surface area contributed by atoms with Crippen molar-refractivity contribution in [1.82, 2.24) is 4.98 Å². The molecule has 1 aromatic heterocycles. The van der Waals surface area contributed by atoms with E-state index in [1.54, 1.807) is 19.2 Å². The van der Waals surface area contributed by atoms with Gasteiger partial charge in [-0.25, -0.2) is 4.98 Å². The Morgan fingerprint density at radius 2 is 2.10 bits per heavy atom. The molecule has 0 saturated carbocycles. The summed E-state index contributed by atoms with van der Waals surface area (Å²) in [7, 11) is 0. The smallest absolute Gasteiger partial charge is 0.147 e. The van der Waals surface area contributed by atoms with Gasteiger partial charge in [-0.1, -0.05) is 23.4 Å². The first-order chi connectivity index (χ1) is 10.2. The summed E-state index contributed by atoms with van der Waals surface area (Å²) in [5.41, 5.74) is 2.82. The minimum absolute atomic E-state index is 0.299. The van der Waals surface area contributed by atoms with Gasteiger partial charge in [0.25, 0.3) is 0 Å². The number of hydrogen-bond donors (Lipinski definition) is 1. The van der Waals surface area contributed by atoms with Crippen LogP contribution in [0.1, 0.15) is 23.7 Å². The predicted octanol–water partition coefficient (Wildman–Crippen LogP) is 2.92. The van der Waals surface area contributed by atoms with Crippen molar-refractivity contribution >= 4 is 5.71 Å². The fourth-order valence-electron chi connectivity index (χ4n) is 1.85. The van der Waals surface area contributed by atoms with E-state index >= 15 is 0 Å². The van der Waals surface area contributed by atoms with Crippen molar-refractivity contribution in [2.45, 2.75) is 20.0 Å². The average molecular weight is 281 g/mol. The Kier molecular flexibility index (Phi) is 4.89. The number of hydrogen-bond acceptors (Lipinski definition) is 5. The van der Waals surface area contributed by atoms with E-state index in [-0.39, 0.29) is 0 Å². The lowest BCUT2D eigenvalue weighted by Gasteiger charge is -2.08. The van der Waals surface area contributed by atoms with Gasteiger partial charge in [-0.2, -0.15) is 5.26 Å². The van der Waals surface area contributed by atoms with Crippen molar-refractivity contribution in [1.29, 1.82) is 5.26 Å². The van der Waals surface area contributed by atoms with Gasteiger partial charge >= 0.3 is 0 Å². The summed E-state index contributed by atoms with van der Waals surface area (Å²) in [5, 5.41) is 20.8. The van der Waals surface area contributed by atoms with Gasteiger partial charge in [0.1, 0.15) is 24.1 Å². The molecule has 106 valence electrons. The second-order valence-electron chi connectivity index (χ2n) is 4.57. The van der Waals surface area contributed by atoms with Crippen LogP contribution < -0.4 is 4.74 Å². The Hall–Kier alpha value is -2.87. The maximum atomic E-state index is 8.96. The molecule has 0 unspecified atom stereocenters. The molecule has 0 aliphatic carbocycles. The van der Waals surface area contributed by atoms with Crippen LogP contribution in [0.3, 0.4) is 0 Å². The van der Waals surface area contributed by atoms with Gasteiger partial charge in [-0.05, 0) is 30.7 Å². The number of pyridine rings is 1. The zero-order valence-electron chi connectivity index (χ0n) is 11.7. The van der Waals surface area contributed by atoms with E-state index in [4.69, 9.17) is 15.2 Å². The van der Waals surface area contributed by atoms with Crippen LogP contribution in [0.2, 0.25) is 0 Å². The Bertz CT molecular complexity index is 673. The van der Waals surface area contributed by atoms with E-state index in [2.05, 4.69) is 10.1 Å². The summed E-state index contributed by atoms with van der Waals surface area (Å²) in [6.07, 6.45) is 2.18. The maximum absolute atomic E-state index is 8.96. The normalized spacial score (nSPS) is 11.0.